The Kier molecular flexibility index (Phi) is 3.17. The number of hydrogen-bond donors (Lipinski definition) is 0. The third-order valence-electron chi connectivity index (χ3n) is 1.95. The highest BCUT2D eigenvalue weighted by Crippen LogP contribution is 2.22. The fraction of sp³-hybridized carbons (Fsp3) is 0.455. The van der Waals surface area contributed by atoms with Crippen LogP contribution in [0.5, 0.6) is 0 Å². The van der Waals surface area contributed by atoms with Crippen LogP contribution in [0, 0.1) is 5.41 Å². The monoisotopic (exact) mass is 213 g/mol. The lowest BCUT2D eigenvalue weighted by atomic mass is 9.87. The largest absolute Gasteiger partial charge is 0.294 e. The maximum absolute atomic E-state index is 12.2. The molecule has 1 aromatic heterocycles. The fourth-order valence-corrected chi connectivity index (χ4v) is 1.10. The SMILES string of the molecule is CC(C)(C)C(=O)c1ccc(C(F)F)nc1. The standard InChI is InChI=1S/C11H13F2NO/c1-11(2,3)9(15)7-4-5-8(10(12)13)14-6-7/h4-6,10H,1-3H3. The summed E-state index contributed by atoms with van der Waals surface area (Å²) in [5.41, 5.74) is -0.457. The minimum absolute atomic E-state index is 0.101. The Balaban J connectivity index is 2.95. The number of Topliss-reactive ketones (excluding diaryl/α,β-unsaturated/α-hetero) is 1. The predicted octanol–water partition coefficient (Wildman–Crippen LogP) is 3.25. The van der Waals surface area contributed by atoms with E-state index < -0.39 is 11.8 Å². The van der Waals surface area contributed by atoms with Crippen molar-refractivity contribution in [2.45, 2.75) is 27.2 Å². The van der Waals surface area contributed by atoms with Gasteiger partial charge in [-0.25, -0.2) is 8.78 Å². The van der Waals surface area contributed by atoms with E-state index in [9.17, 15) is 13.6 Å². The van der Waals surface area contributed by atoms with Gasteiger partial charge in [-0.05, 0) is 12.1 Å². The van der Waals surface area contributed by atoms with Gasteiger partial charge in [0.25, 0.3) is 6.43 Å². The van der Waals surface area contributed by atoms with Crippen LogP contribution in [-0.4, -0.2) is 10.8 Å². The van der Waals surface area contributed by atoms with Gasteiger partial charge in [0.1, 0.15) is 5.69 Å². The van der Waals surface area contributed by atoms with Gasteiger partial charge in [-0.2, -0.15) is 0 Å². The molecule has 0 fully saturated rings. The summed E-state index contributed by atoms with van der Waals surface area (Å²) >= 11 is 0. The van der Waals surface area contributed by atoms with Gasteiger partial charge in [0.05, 0.1) is 0 Å². The smallest absolute Gasteiger partial charge is 0.280 e. The van der Waals surface area contributed by atoms with E-state index in [-0.39, 0.29) is 11.5 Å². The zero-order valence-electron chi connectivity index (χ0n) is 8.92. The number of aromatic nitrogens is 1. The molecule has 0 saturated carbocycles. The molecular formula is C11H13F2NO. The average molecular weight is 213 g/mol. The van der Waals surface area contributed by atoms with Crippen LogP contribution in [0.4, 0.5) is 8.78 Å². The van der Waals surface area contributed by atoms with Gasteiger partial charge in [-0.15, -0.1) is 0 Å². The Labute approximate surface area is 87.3 Å². The van der Waals surface area contributed by atoms with Gasteiger partial charge in [0, 0.05) is 17.2 Å². The minimum atomic E-state index is -2.59. The normalized spacial score (nSPS) is 11.9. The average Bonchev–Trinajstić information content (AvgIpc) is 2.15. The molecule has 15 heavy (non-hydrogen) atoms. The van der Waals surface area contributed by atoms with Crippen LogP contribution in [0.3, 0.4) is 0 Å². The lowest BCUT2D eigenvalue weighted by Crippen LogP contribution is -2.20. The first-order valence-corrected chi connectivity index (χ1v) is 4.61. The van der Waals surface area contributed by atoms with E-state index in [2.05, 4.69) is 4.98 Å². The molecule has 0 aliphatic carbocycles. The van der Waals surface area contributed by atoms with E-state index in [1.54, 1.807) is 20.8 Å². The second-order valence-corrected chi connectivity index (χ2v) is 4.35. The number of pyridine rings is 1. The molecule has 0 aromatic carbocycles. The zero-order valence-corrected chi connectivity index (χ0v) is 8.92. The summed E-state index contributed by atoms with van der Waals surface area (Å²) in [5, 5.41) is 0. The second-order valence-electron chi connectivity index (χ2n) is 4.35. The van der Waals surface area contributed by atoms with Crippen LogP contribution in [0.2, 0.25) is 0 Å². The lowest BCUT2D eigenvalue weighted by molar-refractivity contribution is 0.0857. The van der Waals surface area contributed by atoms with Gasteiger partial charge < -0.3 is 0 Å². The molecule has 0 spiro atoms. The summed E-state index contributed by atoms with van der Waals surface area (Å²) in [7, 11) is 0. The molecule has 0 saturated heterocycles. The molecule has 0 amide bonds. The van der Waals surface area contributed by atoms with Crippen molar-refractivity contribution in [1.29, 1.82) is 0 Å². The Hall–Kier alpha value is -1.32. The summed E-state index contributed by atoms with van der Waals surface area (Å²) in [4.78, 5) is 15.3. The quantitative estimate of drug-likeness (QED) is 0.706. The van der Waals surface area contributed by atoms with E-state index in [1.165, 1.54) is 18.3 Å². The molecule has 0 unspecified atom stereocenters. The van der Waals surface area contributed by atoms with Crippen molar-refractivity contribution in [3.8, 4) is 0 Å². The van der Waals surface area contributed by atoms with Crippen molar-refractivity contribution in [3.05, 3.63) is 29.6 Å². The highest BCUT2D eigenvalue weighted by molar-refractivity contribution is 5.99. The van der Waals surface area contributed by atoms with Crippen LogP contribution in [0.15, 0.2) is 18.3 Å². The Bertz CT molecular complexity index is 352. The molecule has 2 nitrogen and oxygen atoms in total. The van der Waals surface area contributed by atoms with Crippen molar-refractivity contribution in [1.82, 2.24) is 4.98 Å². The highest BCUT2D eigenvalue weighted by atomic mass is 19.3. The number of carbonyl (C=O) groups is 1. The van der Waals surface area contributed by atoms with E-state index in [1.807, 2.05) is 0 Å². The summed E-state index contributed by atoms with van der Waals surface area (Å²) in [6.07, 6.45) is -1.39. The number of halogens is 2. The maximum atomic E-state index is 12.2. The van der Waals surface area contributed by atoms with E-state index in [0.717, 1.165) is 0 Å². The second kappa shape index (κ2) is 4.04. The Morgan fingerprint density at radius 3 is 2.27 bits per heavy atom. The Morgan fingerprint density at radius 2 is 1.93 bits per heavy atom. The number of hydrogen-bond acceptors (Lipinski definition) is 2. The molecule has 0 aliphatic rings. The van der Waals surface area contributed by atoms with Crippen molar-refractivity contribution in [2.75, 3.05) is 0 Å². The number of rotatable bonds is 2. The third-order valence-corrected chi connectivity index (χ3v) is 1.95. The fourth-order valence-electron chi connectivity index (χ4n) is 1.10. The molecule has 1 heterocycles. The van der Waals surface area contributed by atoms with Crippen molar-refractivity contribution < 1.29 is 13.6 Å². The molecule has 0 atom stereocenters. The highest BCUT2D eigenvalue weighted by Gasteiger charge is 2.23. The van der Waals surface area contributed by atoms with E-state index >= 15 is 0 Å². The van der Waals surface area contributed by atoms with Crippen LogP contribution >= 0.6 is 0 Å². The summed E-state index contributed by atoms with van der Waals surface area (Å²) in [5.74, 6) is -0.101. The molecule has 0 N–H and O–H groups in total. The molecule has 82 valence electrons. The van der Waals surface area contributed by atoms with Gasteiger partial charge in [0.15, 0.2) is 5.78 Å². The first kappa shape index (κ1) is 11.8. The topological polar surface area (TPSA) is 30.0 Å². The molecule has 0 bridgehead atoms. The summed E-state index contributed by atoms with van der Waals surface area (Å²) in [6.45, 7) is 5.32. The van der Waals surface area contributed by atoms with Crippen LogP contribution in [-0.2, 0) is 0 Å². The van der Waals surface area contributed by atoms with Gasteiger partial charge >= 0.3 is 0 Å². The number of ketones is 1. The van der Waals surface area contributed by atoms with Crippen molar-refractivity contribution >= 4 is 5.78 Å². The first-order chi connectivity index (χ1) is 6.82. The van der Waals surface area contributed by atoms with Gasteiger partial charge in [-0.3, -0.25) is 9.78 Å². The number of nitrogens with zero attached hydrogens (tertiary/aromatic N) is 1. The van der Waals surface area contributed by atoms with E-state index in [0.29, 0.717) is 5.56 Å². The molecule has 0 aliphatic heterocycles. The van der Waals surface area contributed by atoms with Crippen LogP contribution in [0.1, 0.15) is 43.2 Å². The Morgan fingerprint density at radius 1 is 1.33 bits per heavy atom. The van der Waals surface area contributed by atoms with Crippen molar-refractivity contribution in [3.63, 3.8) is 0 Å². The molecule has 1 rings (SSSR count). The third kappa shape index (κ3) is 2.81. The predicted molar refractivity (Wildman–Crippen MR) is 53.0 cm³/mol. The number of carbonyl (C=O) groups excluding carboxylic acids is 1. The summed E-state index contributed by atoms with van der Waals surface area (Å²) < 4.78 is 24.4. The van der Waals surface area contributed by atoms with Crippen LogP contribution in [0.25, 0.3) is 0 Å². The lowest BCUT2D eigenvalue weighted by Gasteiger charge is -2.16. The molecular weight excluding hydrogens is 200 g/mol. The number of alkyl halides is 2. The van der Waals surface area contributed by atoms with Gasteiger partial charge in [-0.1, -0.05) is 20.8 Å². The summed E-state index contributed by atoms with van der Waals surface area (Å²) in [6, 6.07) is 2.58. The maximum Gasteiger partial charge on any atom is 0.280 e. The molecule has 1 aromatic rings. The van der Waals surface area contributed by atoms with Crippen LogP contribution < -0.4 is 0 Å². The van der Waals surface area contributed by atoms with Gasteiger partial charge in [0.2, 0.25) is 0 Å². The first-order valence-electron chi connectivity index (χ1n) is 4.61. The molecule has 4 heteroatoms. The molecule has 0 radical (unpaired) electrons. The minimum Gasteiger partial charge on any atom is -0.294 e. The van der Waals surface area contributed by atoms with Crippen molar-refractivity contribution in [2.24, 2.45) is 5.41 Å². The zero-order chi connectivity index (χ0) is 11.6. The van der Waals surface area contributed by atoms with E-state index in [4.69, 9.17) is 0 Å².